The zero-order chi connectivity index (χ0) is 13.1. The lowest BCUT2D eigenvalue weighted by molar-refractivity contribution is 0.0690. The average Bonchev–Trinajstić information content (AvgIpc) is 2.79. The van der Waals surface area contributed by atoms with Gasteiger partial charge in [-0.15, -0.1) is 0 Å². The first-order chi connectivity index (χ1) is 8.60. The van der Waals surface area contributed by atoms with Gasteiger partial charge in [-0.05, 0) is 13.0 Å². The molecule has 0 aliphatic carbocycles. The summed E-state index contributed by atoms with van der Waals surface area (Å²) in [7, 11) is 0. The van der Waals surface area contributed by atoms with Crippen LogP contribution >= 0.6 is 11.6 Å². The van der Waals surface area contributed by atoms with Crippen LogP contribution in [0, 0.1) is 0 Å². The Morgan fingerprint density at radius 3 is 2.94 bits per heavy atom. The largest absolute Gasteiger partial charge is 0.476 e. The minimum atomic E-state index is -1.20. The van der Waals surface area contributed by atoms with Crippen molar-refractivity contribution in [2.45, 2.75) is 13.5 Å². The molecule has 0 bridgehead atoms. The Labute approximate surface area is 108 Å². The average molecular weight is 268 g/mol. The quantitative estimate of drug-likeness (QED) is 0.921. The summed E-state index contributed by atoms with van der Waals surface area (Å²) in [5.41, 5.74) is -0.239. The molecule has 1 N–H and O–H groups in total. The molecule has 0 aromatic carbocycles. The third kappa shape index (κ3) is 2.60. The Balaban J connectivity index is 2.24. The zero-order valence-corrected chi connectivity index (χ0v) is 10.3. The fraction of sp³-hybridized carbons (Fsp3) is 0.182. The molecule has 0 aliphatic rings. The van der Waals surface area contributed by atoms with Gasteiger partial charge in [-0.1, -0.05) is 11.6 Å². The molecular weight excluding hydrogens is 258 g/mol. The molecule has 2 aromatic rings. The van der Waals surface area contributed by atoms with Crippen LogP contribution in [0.2, 0.25) is 5.02 Å². The van der Waals surface area contributed by atoms with E-state index in [1.54, 1.807) is 10.9 Å². The van der Waals surface area contributed by atoms with Gasteiger partial charge in [0.15, 0.2) is 11.4 Å². The lowest BCUT2D eigenvalue weighted by atomic mass is 10.3. The summed E-state index contributed by atoms with van der Waals surface area (Å²) >= 11 is 5.71. The summed E-state index contributed by atoms with van der Waals surface area (Å²) in [4.78, 5) is 14.7. The van der Waals surface area contributed by atoms with Gasteiger partial charge in [0.1, 0.15) is 0 Å². The second-order valence-electron chi connectivity index (χ2n) is 3.42. The van der Waals surface area contributed by atoms with Gasteiger partial charge in [0.25, 0.3) is 0 Å². The predicted molar refractivity (Wildman–Crippen MR) is 64.2 cm³/mol. The van der Waals surface area contributed by atoms with E-state index in [0.717, 1.165) is 6.54 Å². The molecule has 2 heterocycles. The number of rotatable bonds is 4. The van der Waals surface area contributed by atoms with Crippen molar-refractivity contribution in [3.8, 4) is 11.6 Å². The van der Waals surface area contributed by atoms with Crippen LogP contribution in [0.4, 0.5) is 0 Å². The van der Waals surface area contributed by atoms with Gasteiger partial charge in [0.2, 0.25) is 5.88 Å². The highest BCUT2D eigenvalue weighted by Crippen LogP contribution is 2.22. The van der Waals surface area contributed by atoms with E-state index >= 15 is 0 Å². The van der Waals surface area contributed by atoms with Crippen molar-refractivity contribution >= 4 is 17.6 Å². The third-order valence-electron chi connectivity index (χ3n) is 2.18. The minimum Gasteiger partial charge on any atom is -0.476 e. The van der Waals surface area contributed by atoms with Crippen molar-refractivity contribution in [1.82, 2.24) is 14.8 Å². The fourth-order valence-corrected chi connectivity index (χ4v) is 1.51. The standard InChI is InChI=1S/C11H10ClN3O3/c1-2-15-6-7(5-13-15)18-9-4-3-8(12)10(14-9)11(16)17/h3-6H,2H2,1H3,(H,16,17). The SMILES string of the molecule is CCn1cc(Oc2ccc(Cl)c(C(=O)O)n2)cn1. The number of hydrogen-bond acceptors (Lipinski definition) is 4. The van der Waals surface area contributed by atoms with E-state index in [-0.39, 0.29) is 16.6 Å². The molecule has 7 heteroatoms. The molecule has 0 aliphatic heterocycles. The second-order valence-corrected chi connectivity index (χ2v) is 3.83. The van der Waals surface area contributed by atoms with E-state index < -0.39 is 5.97 Å². The Kier molecular flexibility index (Phi) is 3.47. The Bertz CT molecular complexity index is 583. The third-order valence-corrected chi connectivity index (χ3v) is 2.48. The zero-order valence-electron chi connectivity index (χ0n) is 9.50. The van der Waals surface area contributed by atoms with Crippen LogP contribution in [0.1, 0.15) is 17.4 Å². The molecule has 18 heavy (non-hydrogen) atoms. The highest BCUT2D eigenvalue weighted by molar-refractivity contribution is 6.33. The number of halogens is 1. The van der Waals surface area contributed by atoms with Crippen LogP contribution in [0.5, 0.6) is 11.6 Å². The number of aryl methyl sites for hydroxylation is 1. The first-order valence-electron chi connectivity index (χ1n) is 5.20. The molecule has 0 radical (unpaired) electrons. The number of carboxylic acids is 1. The van der Waals surface area contributed by atoms with Gasteiger partial charge >= 0.3 is 5.97 Å². The van der Waals surface area contributed by atoms with Crippen molar-refractivity contribution in [2.24, 2.45) is 0 Å². The first-order valence-corrected chi connectivity index (χ1v) is 5.58. The van der Waals surface area contributed by atoms with E-state index in [1.807, 2.05) is 6.92 Å². The molecule has 0 unspecified atom stereocenters. The fourth-order valence-electron chi connectivity index (χ4n) is 1.32. The van der Waals surface area contributed by atoms with Gasteiger partial charge in [-0.2, -0.15) is 5.10 Å². The predicted octanol–water partition coefficient (Wildman–Crippen LogP) is 2.44. The summed E-state index contributed by atoms with van der Waals surface area (Å²) in [5, 5.41) is 13.0. The number of ether oxygens (including phenoxy) is 1. The Hall–Kier alpha value is -2.08. The number of carbonyl (C=O) groups is 1. The smallest absolute Gasteiger partial charge is 0.356 e. The number of aromatic carboxylic acids is 1. The van der Waals surface area contributed by atoms with Crippen LogP contribution < -0.4 is 4.74 Å². The molecule has 0 saturated carbocycles. The highest BCUT2D eigenvalue weighted by Gasteiger charge is 2.12. The van der Waals surface area contributed by atoms with Crippen LogP contribution in [-0.4, -0.2) is 25.8 Å². The van der Waals surface area contributed by atoms with Crippen LogP contribution in [0.3, 0.4) is 0 Å². The molecule has 0 spiro atoms. The number of aromatic nitrogens is 3. The van der Waals surface area contributed by atoms with E-state index in [2.05, 4.69) is 10.1 Å². The summed E-state index contributed by atoms with van der Waals surface area (Å²) in [6.45, 7) is 2.66. The molecule has 0 fully saturated rings. The van der Waals surface area contributed by atoms with Gasteiger partial charge < -0.3 is 9.84 Å². The highest BCUT2D eigenvalue weighted by atomic mass is 35.5. The molecule has 0 amide bonds. The summed E-state index contributed by atoms with van der Waals surface area (Å²) in [6.07, 6.45) is 3.22. The number of pyridine rings is 1. The van der Waals surface area contributed by atoms with Crippen LogP contribution in [0.15, 0.2) is 24.5 Å². The van der Waals surface area contributed by atoms with Crippen molar-refractivity contribution in [3.05, 3.63) is 35.2 Å². The van der Waals surface area contributed by atoms with Crippen molar-refractivity contribution in [2.75, 3.05) is 0 Å². The second kappa shape index (κ2) is 5.05. The van der Waals surface area contributed by atoms with E-state index in [4.69, 9.17) is 21.4 Å². The topological polar surface area (TPSA) is 77.2 Å². The maximum absolute atomic E-state index is 10.9. The lowest BCUT2D eigenvalue weighted by Crippen LogP contribution is -2.02. The number of carboxylic acid groups (broad SMARTS) is 1. The minimum absolute atomic E-state index is 0.0686. The van der Waals surface area contributed by atoms with Crippen molar-refractivity contribution < 1.29 is 14.6 Å². The molecule has 94 valence electrons. The van der Waals surface area contributed by atoms with E-state index in [9.17, 15) is 4.79 Å². The summed E-state index contributed by atoms with van der Waals surface area (Å²) in [6, 6.07) is 2.93. The molecule has 6 nitrogen and oxygen atoms in total. The summed E-state index contributed by atoms with van der Waals surface area (Å²) in [5.74, 6) is -0.551. The summed E-state index contributed by atoms with van der Waals surface area (Å²) < 4.78 is 7.07. The Morgan fingerprint density at radius 1 is 1.56 bits per heavy atom. The van der Waals surface area contributed by atoms with E-state index in [1.165, 1.54) is 18.3 Å². The molecular formula is C11H10ClN3O3. The number of hydrogen-bond donors (Lipinski definition) is 1. The normalized spacial score (nSPS) is 10.3. The van der Waals surface area contributed by atoms with Crippen molar-refractivity contribution in [3.63, 3.8) is 0 Å². The van der Waals surface area contributed by atoms with Gasteiger partial charge in [0.05, 0.1) is 17.4 Å². The van der Waals surface area contributed by atoms with Crippen LogP contribution in [0.25, 0.3) is 0 Å². The molecule has 2 rings (SSSR count). The molecule has 0 saturated heterocycles. The maximum atomic E-state index is 10.9. The lowest BCUT2D eigenvalue weighted by Gasteiger charge is -2.03. The first kappa shape index (κ1) is 12.4. The monoisotopic (exact) mass is 267 g/mol. The van der Waals surface area contributed by atoms with Gasteiger partial charge in [-0.3, -0.25) is 4.68 Å². The van der Waals surface area contributed by atoms with Crippen molar-refractivity contribution in [1.29, 1.82) is 0 Å². The number of nitrogens with zero attached hydrogens (tertiary/aromatic N) is 3. The Morgan fingerprint density at radius 2 is 2.33 bits per heavy atom. The molecule has 0 atom stereocenters. The van der Waals surface area contributed by atoms with Gasteiger partial charge in [-0.25, -0.2) is 9.78 Å². The van der Waals surface area contributed by atoms with Crippen LogP contribution in [-0.2, 0) is 6.54 Å². The maximum Gasteiger partial charge on any atom is 0.356 e. The van der Waals surface area contributed by atoms with Gasteiger partial charge in [0, 0.05) is 12.6 Å². The van der Waals surface area contributed by atoms with E-state index in [0.29, 0.717) is 5.75 Å². The molecule has 2 aromatic heterocycles.